The molecule has 2 heterocycles. The van der Waals surface area contributed by atoms with Crippen LogP contribution in [0.3, 0.4) is 0 Å². The fraction of sp³-hybridized carbons (Fsp3) is 0.917. The van der Waals surface area contributed by atoms with Crippen molar-refractivity contribution >= 4 is 17.7 Å². The Kier molecular flexibility index (Phi) is 4.14. The molecule has 0 aliphatic carbocycles. The van der Waals surface area contributed by atoms with Crippen LogP contribution in [0.15, 0.2) is 0 Å². The van der Waals surface area contributed by atoms with Crippen molar-refractivity contribution in [2.45, 2.75) is 25.7 Å². The zero-order valence-corrected chi connectivity index (χ0v) is 10.9. The molecule has 2 aliphatic rings. The van der Waals surface area contributed by atoms with Crippen molar-refractivity contribution in [2.24, 2.45) is 5.41 Å². The topological polar surface area (TPSA) is 32.3 Å². The lowest BCUT2D eigenvalue weighted by Gasteiger charge is -2.33. The van der Waals surface area contributed by atoms with Gasteiger partial charge in [0.05, 0.1) is 0 Å². The number of nitrogens with one attached hydrogen (secondary N) is 1. The summed E-state index contributed by atoms with van der Waals surface area (Å²) in [5, 5.41) is 3.41. The van der Waals surface area contributed by atoms with Gasteiger partial charge in [-0.3, -0.25) is 4.79 Å². The number of nitrogens with zero attached hydrogens (tertiary/aromatic N) is 1. The molecule has 1 amide bonds. The van der Waals surface area contributed by atoms with Gasteiger partial charge < -0.3 is 10.2 Å². The van der Waals surface area contributed by atoms with Crippen LogP contribution in [0.1, 0.15) is 25.7 Å². The molecule has 0 atom stereocenters. The van der Waals surface area contributed by atoms with E-state index in [1.807, 2.05) is 0 Å². The van der Waals surface area contributed by atoms with Gasteiger partial charge in [-0.25, -0.2) is 0 Å². The molecule has 92 valence electrons. The van der Waals surface area contributed by atoms with E-state index in [1.165, 1.54) is 19.3 Å². The maximum Gasteiger partial charge on any atom is 0.223 e. The summed E-state index contributed by atoms with van der Waals surface area (Å²) in [5.41, 5.74) is 0.459. The monoisotopic (exact) mass is 242 g/mol. The summed E-state index contributed by atoms with van der Waals surface area (Å²) in [5.74, 6) is 1.33. The minimum absolute atomic E-state index is 0.366. The van der Waals surface area contributed by atoms with Crippen LogP contribution in [-0.4, -0.2) is 49.0 Å². The summed E-state index contributed by atoms with van der Waals surface area (Å²) < 4.78 is 0. The second-order valence-electron chi connectivity index (χ2n) is 5.06. The van der Waals surface area contributed by atoms with E-state index in [4.69, 9.17) is 0 Å². The summed E-state index contributed by atoms with van der Waals surface area (Å²) in [7, 11) is 0. The van der Waals surface area contributed by atoms with Crippen molar-refractivity contribution in [3.8, 4) is 0 Å². The molecule has 0 radical (unpaired) electrons. The van der Waals surface area contributed by atoms with Gasteiger partial charge >= 0.3 is 0 Å². The molecule has 2 rings (SSSR count). The van der Waals surface area contributed by atoms with Crippen LogP contribution < -0.4 is 5.32 Å². The van der Waals surface area contributed by atoms with Crippen molar-refractivity contribution in [3.05, 3.63) is 0 Å². The lowest BCUT2D eigenvalue weighted by molar-refractivity contribution is -0.130. The van der Waals surface area contributed by atoms with E-state index >= 15 is 0 Å². The number of thioether (sulfide) groups is 1. The molecule has 16 heavy (non-hydrogen) atoms. The molecular formula is C12H22N2OS. The number of piperidine rings is 1. The molecular weight excluding hydrogens is 220 g/mol. The number of hydrogen-bond acceptors (Lipinski definition) is 3. The average molecular weight is 242 g/mol. The molecule has 1 spiro atoms. The van der Waals surface area contributed by atoms with Gasteiger partial charge in [0.2, 0.25) is 5.91 Å². The number of carbonyl (C=O) groups excluding carboxylic acids is 1. The van der Waals surface area contributed by atoms with E-state index in [2.05, 4.69) is 16.5 Å². The summed E-state index contributed by atoms with van der Waals surface area (Å²) in [4.78, 5) is 14.0. The Morgan fingerprint density at radius 1 is 1.38 bits per heavy atom. The molecule has 0 bridgehead atoms. The third-order valence-electron chi connectivity index (χ3n) is 3.98. The number of rotatable bonds is 3. The number of carbonyl (C=O) groups is 1. The van der Waals surface area contributed by atoms with Gasteiger partial charge in [-0.05, 0) is 44.0 Å². The fourth-order valence-electron chi connectivity index (χ4n) is 2.86. The summed E-state index contributed by atoms with van der Waals surface area (Å²) in [6.45, 7) is 4.27. The SMILES string of the molecule is CSCCC(=O)N1CCC2(CCNCC2)C1. The van der Waals surface area contributed by atoms with Crippen LogP contribution >= 0.6 is 11.8 Å². The highest BCUT2D eigenvalue weighted by atomic mass is 32.2. The Morgan fingerprint density at radius 3 is 2.81 bits per heavy atom. The van der Waals surface area contributed by atoms with Crippen molar-refractivity contribution in [3.63, 3.8) is 0 Å². The van der Waals surface area contributed by atoms with E-state index in [1.54, 1.807) is 11.8 Å². The van der Waals surface area contributed by atoms with Crippen LogP contribution in [0.25, 0.3) is 0 Å². The molecule has 4 heteroatoms. The summed E-state index contributed by atoms with van der Waals surface area (Å²) in [6, 6.07) is 0. The smallest absolute Gasteiger partial charge is 0.223 e. The number of amides is 1. The van der Waals surface area contributed by atoms with E-state index in [0.29, 0.717) is 11.3 Å². The molecule has 2 saturated heterocycles. The molecule has 2 aliphatic heterocycles. The first-order valence-corrected chi connectivity index (χ1v) is 7.63. The Bertz CT molecular complexity index is 251. The first-order chi connectivity index (χ1) is 7.76. The maximum atomic E-state index is 11.9. The molecule has 0 saturated carbocycles. The van der Waals surface area contributed by atoms with E-state index < -0.39 is 0 Å². The largest absolute Gasteiger partial charge is 0.342 e. The minimum atomic E-state index is 0.366. The molecule has 0 aromatic rings. The zero-order chi connectivity index (χ0) is 11.4. The second kappa shape index (κ2) is 5.41. The minimum Gasteiger partial charge on any atom is -0.342 e. The van der Waals surface area contributed by atoms with Gasteiger partial charge in [0, 0.05) is 25.3 Å². The van der Waals surface area contributed by atoms with Crippen molar-refractivity contribution < 1.29 is 4.79 Å². The van der Waals surface area contributed by atoms with E-state index in [-0.39, 0.29) is 0 Å². The molecule has 1 N–H and O–H groups in total. The van der Waals surface area contributed by atoms with E-state index in [9.17, 15) is 4.79 Å². The Hall–Kier alpha value is -0.220. The lowest BCUT2D eigenvalue weighted by atomic mass is 9.78. The standard InChI is InChI=1S/C12H22N2OS/c1-16-9-2-11(15)14-8-5-12(10-14)3-6-13-7-4-12/h13H,2-10H2,1H3. The molecule has 0 unspecified atom stereocenters. The third kappa shape index (κ3) is 2.72. The molecule has 0 aromatic carbocycles. The maximum absolute atomic E-state index is 11.9. The van der Waals surface area contributed by atoms with Gasteiger partial charge in [-0.2, -0.15) is 11.8 Å². The summed E-state index contributed by atoms with van der Waals surface area (Å²) >= 11 is 1.76. The highest BCUT2D eigenvalue weighted by Crippen LogP contribution is 2.38. The normalized spacial score (nSPS) is 23.9. The quantitative estimate of drug-likeness (QED) is 0.810. The Balaban J connectivity index is 1.84. The van der Waals surface area contributed by atoms with Crippen molar-refractivity contribution in [1.82, 2.24) is 10.2 Å². The van der Waals surface area contributed by atoms with Crippen LogP contribution in [0.2, 0.25) is 0 Å². The second-order valence-corrected chi connectivity index (χ2v) is 6.04. The Labute approximate surface area is 102 Å². The highest BCUT2D eigenvalue weighted by molar-refractivity contribution is 7.98. The van der Waals surface area contributed by atoms with E-state index in [0.717, 1.165) is 38.4 Å². The van der Waals surface area contributed by atoms with Gasteiger partial charge in [0.1, 0.15) is 0 Å². The van der Waals surface area contributed by atoms with Crippen molar-refractivity contribution in [2.75, 3.05) is 38.2 Å². The molecule has 3 nitrogen and oxygen atoms in total. The Morgan fingerprint density at radius 2 is 2.12 bits per heavy atom. The first kappa shape index (κ1) is 12.2. The average Bonchev–Trinajstić information content (AvgIpc) is 2.71. The predicted molar refractivity (Wildman–Crippen MR) is 68.7 cm³/mol. The highest BCUT2D eigenvalue weighted by Gasteiger charge is 2.40. The van der Waals surface area contributed by atoms with Crippen LogP contribution in [0.4, 0.5) is 0 Å². The van der Waals surface area contributed by atoms with Crippen LogP contribution in [-0.2, 0) is 4.79 Å². The first-order valence-electron chi connectivity index (χ1n) is 6.23. The number of likely N-dealkylation sites (tertiary alicyclic amines) is 1. The van der Waals surface area contributed by atoms with Gasteiger partial charge in [0.15, 0.2) is 0 Å². The summed E-state index contributed by atoms with van der Waals surface area (Å²) in [6.07, 6.45) is 6.50. The van der Waals surface area contributed by atoms with Crippen molar-refractivity contribution in [1.29, 1.82) is 0 Å². The lowest BCUT2D eigenvalue weighted by Crippen LogP contribution is -2.39. The number of hydrogen-bond donors (Lipinski definition) is 1. The fourth-order valence-corrected chi connectivity index (χ4v) is 3.24. The van der Waals surface area contributed by atoms with Gasteiger partial charge in [0.25, 0.3) is 0 Å². The predicted octanol–water partition coefficient (Wildman–Crippen LogP) is 1.34. The third-order valence-corrected chi connectivity index (χ3v) is 4.59. The van der Waals surface area contributed by atoms with Crippen LogP contribution in [0, 0.1) is 5.41 Å². The van der Waals surface area contributed by atoms with Gasteiger partial charge in [-0.1, -0.05) is 0 Å². The van der Waals surface area contributed by atoms with Gasteiger partial charge in [-0.15, -0.1) is 0 Å². The zero-order valence-electron chi connectivity index (χ0n) is 10.1. The molecule has 2 fully saturated rings. The van der Waals surface area contributed by atoms with Crippen LogP contribution in [0.5, 0.6) is 0 Å². The molecule has 0 aromatic heterocycles.